The minimum absolute atomic E-state index is 0.406. The molecule has 1 aromatic carbocycles. The SMILES string of the molecule is CC(C)(N)C(=S)c1ccccc1. The highest BCUT2D eigenvalue weighted by Gasteiger charge is 2.18. The number of thiocarbonyl (C=S) groups is 1. The van der Waals surface area contributed by atoms with Gasteiger partial charge in [-0.1, -0.05) is 42.5 Å². The van der Waals surface area contributed by atoms with E-state index >= 15 is 0 Å². The minimum atomic E-state index is -0.406. The van der Waals surface area contributed by atoms with Crippen molar-refractivity contribution in [2.24, 2.45) is 5.73 Å². The molecule has 0 spiro atoms. The molecule has 0 unspecified atom stereocenters. The second-order valence-corrected chi connectivity index (χ2v) is 3.83. The van der Waals surface area contributed by atoms with Crippen molar-refractivity contribution in [3.05, 3.63) is 35.9 Å². The van der Waals surface area contributed by atoms with Gasteiger partial charge in [-0.2, -0.15) is 0 Å². The smallest absolute Gasteiger partial charge is 0.0461 e. The highest BCUT2D eigenvalue weighted by Crippen LogP contribution is 2.10. The molecule has 12 heavy (non-hydrogen) atoms. The monoisotopic (exact) mass is 179 g/mol. The Morgan fingerprint density at radius 3 is 2.17 bits per heavy atom. The van der Waals surface area contributed by atoms with Crippen LogP contribution in [0.3, 0.4) is 0 Å². The fraction of sp³-hybridized carbons (Fsp3) is 0.300. The molecule has 1 rings (SSSR count). The van der Waals surface area contributed by atoms with Crippen LogP contribution in [-0.2, 0) is 0 Å². The summed E-state index contributed by atoms with van der Waals surface area (Å²) in [5, 5.41) is 0. The molecule has 0 saturated heterocycles. The number of nitrogens with two attached hydrogens (primary N) is 1. The number of hydrogen-bond donors (Lipinski definition) is 1. The van der Waals surface area contributed by atoms with E-state index < -0.39 is 5.54 Å². The van der Waals surface area contributed by atoms with Gasteiger partial charge in [-0.15, -0.1) is 0 Å². The average molecular weight is 179 g/mol. The van der Waals surface area contributed by atoms with E-state index in [9.17, 15) is 0 Å². The zero-order valence-electron chi connectivity index (χ0n) is 7.37. The third-order valence-electron chi connectivity index (χ3n) is 1.62. The third kappa shape index (κ3) is 2.13. The Morgan fingerprint density at radius 2 is 1.75 bits per heavy atom. The van der Waals surface area contributed by atoms with Gasteiger partial charge in [0.2, 0.25) is 0 Å². The summed E-state index contributed by atoms with van der Waals surface area (Å²) in [6.45, 7) is 3.84. The average Bonchev–Trinajstić information content (AvgIpc) is 2.03. The summed E-state index contributed by atoms with van der Waals surface area (Å²) in [6.07, 6.45) is 0. The Bertz CT molecular complexity index is 272. The summed E-state index contributed by atoms with van der Waals surface area (Å²) in [6, 6.07) is 9.87. The van der Waals surface area contributed by atoms with Crippen LogP contribution in [0, 0.1) is 0 Å². The van der Waals surface area contributed by atoms with Crippen LogP contribution in [0.4, 0.5) is 0 Å². The molecule has 0 fully saturated rings. The van der Waals surface area contributed by atoms with Gasteiger partial charge in [0.05, 0.1) is 0 Å². The molecule has 0 atom stereocenters. The molecule has 0 bridgehead atoms. The van der Waals surface area contributed by atoms with Gasteiger partial charge in [0.1, 0.15) is 0 Å². The first-order valence-electron chi connectivity index (χ1n) is 3.90. The predicted molar refractivity (Wildman–Crippen MR) is 56.4 cm³/mol. The first kappa shape index (κ1) is 9.36. The van der Waals surface area contributed by atoms with E-state index in [-0.39, 0.29) is 0 Å². The van der Waals surface area contributed by atoms with Crippen LogP contribution >= 0.6 is 12.2 Å². The van der Waals surface area contributed by atoms with Gasteiger partial charge in [0.15, 0.2) is 0 Å². The zero-order chi connectivity index (χ0) is 9.19. The molecule has 2 N–H and O–H groups in total. The molecular formula is C10H13NS. The summed E-state index contributed by atoms with van der Waals surface area (Å²) < 4.78 is 0. The fourth-order valence-corrected chi connectivity index (χ4v) is 1.10. The van der Waals surface area contributed by atoms with Gasteiger partial charge in [0.25, 0.3) is 0 Å². The third-order valence-corrected chi connectivity index (χ3v) is 2.38. The summed E-state index contributed by atoms with van der Waals surface area (Å²) in [5.41, 5.74) is 6.51. The normalized spacial score (nSPS) is 11.2. The summed E-state index contributed by atoms with van der Waals surface area (Å²) in [5.74, 6) is 0. The predicted octanol–water partition coefficient (Wildman–Crippen LogP) is 2.14. The first-order chi connectivity index (χ1) is 5.52. The van der Waals surface area contributed by atoms with E-state index in [2.05, 4.69) is 0 Å². The summed E-state index contributed by atoms with van der Waals surface area (Å²) >= 11 is 5.23. The molecule has 64 valence electrons. The van der Waals surface area contributed by atoms with E-state index in [1.165, 1.54) is 0 Å². The maximum atomic E-state index is 5.87. The van der Waals surface area contributed by atoms with Crippen molar-refractivity contribution in [1.82, 2.24) is 0 Å². The Hall–Kier alpha value is -0.730. The van der Waals surface area contributed by atoms with Crippen molar-refractivity contribution >= 4 is 17.1 Å². The molecule has 0 aliphatic heterocycles. The molecule has 0 aliphatic carbocycles. The van der Waals surface area contributed by atoms with Crippen LogP contribution in [-0.4, -0.2) is 10.4 Å². The van der Waals surface area contributed by atoms with Crippen molar-refractivity contribution in [2.45, 2.75) is 19.4 Å². The van der Waals surface area contributed by atoms with Crippen molar-refractivity contribution < 1.29 is 0 Å². The maximum Gasteiger partial charge on any atom is 0.0461 e. The second kappa shape index (κ2) is 3.33. The molecule has 0 radical (unpaired) electrons. The second-order valence-electron chi connectivity index (χ2n) is 3.42. The van der Waals surface area contributed by atoms with Gasteiger partial charge in [-0.25, -0.2) is 0 Å². The maximum absolute atomic E-state index is 5.87. The van der Waals surface area contributed by atoms with Gasteiger partial charge in [-0.05, 0) is 19.4 Å². The molecule has 0 aromatic heterocycles. The Balaban J connectivity index is 2.94. The van der Waals surface area contributed by atoms with Crippen molar-refractivity contribution in [3.8, 4) is 0 Å². The standard InChI is InChI=1S/C10H13NS/c1-10(2,11)9(12)8-6-4-3-5-7-8/h3-7H,11H2,1-2H3. The van der Waals surface area contributed by atoms with Crippen molar-refractivity contribution in [1.29, 1.82) is 0 Å². The molecule has 1 nitrogen and oxygen atoms in total. The lowest BCUT2D eigenvalue weighted by atomic mass is 9.96. The van der Waals surface area contributed by atoms with Crippen LogP contribution in [0.25, 0.3) is 0 Å². The Labute approximate surface area is 78.6 Å². The van der Waals surface area contributed by atoms with Crippen molar-refractivity contribution in [3.63, 3.8) is 0 Å². The van der Waals surface area contributed by atoms with Crippen LogP contribution in [0.5, 0.6) is 0 Å². The van der Waals surface area contributed by atoms with E-state index in [0.717, 1.165) is 10.4 Å². The van der Waals surface area contributed by atoms with E-state index in [0.29, 0.717) is 0 Å². The van der Waals surface area contributed by atoms with Crippen LogP contribution in [0.1, 0.15) is 19.4 Å². The van der Waals surface area contributed by atoms with Crippen LogP contribution < -0.4 is 5.73 Å². The minimum Gasteiger partial charge on any atom is -0.321 e. The molecular weight excluding hydrogens is 166 g/mol. The number of rotatable bonds is 2. The van der Waals surface area contributed by atoms with E-state index in [1.807, 2.05) is 44.2 Å². The molecule has 0 amide bonds. The molecule has 0 saturated carbocycles. The van der Waals surface area contributed by atoms with Crippen LogP contribution in [0.2, 0.25) is 0 Å². The number of hydrogen-bond acceptors (Lipinski definition) is 2. The van der Waals surface area contributed by atoms with Crippen molar-refractivity contribution in [2.75, 3.05) is 0 Å². The van der Waals surface area contributed by atoms with Crippen LogP contribution in [0.15, 0.2) is 30.3 Å². The Morgan fingerprint density at radius 1 is 1.25 bits per heavy atom. The molecule has 0 aliphatic rings. The number of benzene rings is 1. The largest absolute Gasteiger partial charge is 0.321 e. The fourth-order valence-electron chi connectivity index (χ4n) is 0.962. The zero-order valence-corrected chi connectivity index (χ0v) is 8.19. The lowest BCUT2D eigenvalue weighted by Gasteiger charge is -2.19. The molecule has 1 aromatic rings. The topological polar surface area (TPSA) is 26.0 Å². The quantitative estimate of drug-likeness (QED) is 0.556. The van der Waals surface area contributed by atoms with Gasteiger partial charge >= 0.3 is 0 Å². The Kier molecular flexibility index (Phi) is 2.60. The van der Waals surface area contributed by atoms with E-state index in [1.54, 1.807) is 0 Å². The highest BCUT2D eigenvalue weighted by molar-refractivity contribution is 7.81. The lowest BCUT2D eigenvalue weighted by molar-refractivity contribution is 0.710. The molecule has 2 heteroatoms. The summed E-state index contributed by atoms with van der Waals surface area (Å²) in [7, 11) is 0. The van der Waals surface area contributed by atoms with Gasteiger partial charge in [-0.3, -0.25) is 0 Å². The first-order valence-corrected chi connectivity index (χ1v) is 4.31. The highest BCUT2D eigenvalue weighted by atomic mass is 32.1. The van der Waals surface area contributed by atoms with Gasteiger partial charge in [0, 0.05) is 10.4 Å². The summed E-state index contributed by atoms with van der Waals surface area (Å²) in [4.78, 5) is 0.808. The lowest BCUT2D eigenvalue weighted by Crippen LogP contribution is -2.40. The van der Waals surface area contributed by atoms with Gasteiger partial charge < -0.3 is 5.73 Å². The molecule has 0 heterocycles. The van der Waals surface area contributed by atoms with E-state index in [4.69, 9.17) is 18.0 Å².